The molecule has 3 N–H and O–H groups in total. The Morgan fingerprint density at radius 2 is 0.885 bits per heavy atom. The van der Waals surface area contributed by atoms with Gasteiger partial charge in [-0.2, -0.15) is 8.42 Å². The fraction of sp³-hybridized carbons (Fsp3) is 0.756. The minimum atomic E-state index is -4.36. The summed E-state index contributed by atoms with van der Waals surface area (Å²) in [6, 6.07) is -1.08. The summed E-state index contributed by atoms with van der Waals surface area (Å²) in [6.07, 6.45) is 53.5. The van der Waals surface area contributed by atoms with E-state index in [2.05, 4.69) is 67.8 Å². The zero-order valence-corrected chi connectivity index (χ0v) is 34.5. The van der Waals surface area contributed by atoms with Crippen LogP contribution in [0, 0.1) is 0 Å². The van der Waals surface area contributed by atoms with Gasteiger partial charge in [0.15, 0.2) is 0 Å². The molecule has 0 aromatic heterocycles. The SMILES string of the molecule is CCCCCCC/C=C\C/C=C\C/C=C\CCCCCCCCC(=O)NC(CS(=O)(=O)O)C(O)/C=C/CC/C=C/CCCCCCCCCCCC. The van der Waals surface area contributed by atoms with Gasteiger partial charge in [0.2, 0.25) is 5.91 Å². The molecule has 2 atom stereocenters. The second-order valence-electron chi connectivity index (χ2n) is 14.6. The van der Waals surface area contributed by atoms with E-state index >= 15 is 0 Å². The average Bonchev–Trinajstić information content (AvgIpc) is 3.11. The topological polar surface area (TPSA) is 104 Å². The minimum absolute atomic E-state index is 0.271. The third-order valence-corrected chi connectivity index (χ3v) is 10.2. The maximum Gasteiger partial charge on any atom is 0.267 e. The van der Waals surface area contributed by atoms with Gasteiger partial charge in [0.05, 0.1) is 17.9 Å². The van der Waals surface area contributed by atoms with Gasteiger partial charge in [-0.05, 0) is 70.6 Å². The van der Waals surface area contributed by atoms with Crippen LogP contribution in [0.3, 0.4) is 0 Å². The maximum absolute atomic E-state index is 12.5. The van der Waals surface area contributed by atoms with E-state index in [0.29, 0.717) is 12.8 Å². The highest BCUT2D eigenvalue weighted by Gasteiger charge is 2.24. The Labute approximate surface area is 321 Å². The van der Waals surface area contributed by atoms with E-state index < -0.39 is 28.0 Å². The normalized spacial score (nSPS) is 13.8. The van der Waals surface area contributed by atoms with Crippen molar-refractivity contribution in [1.29, 1.82) is 0 Å². The largest absolute Gasteiger partial charge is 0.387 e. The Hall–Kier alpha value is -1.96. The van der Waals surface area contributed by atoms with E-state index in [1.165, 1.54) is 122 Å². The summed E-state index contributed by atoms with van der Waals surface area (Å²) in [4.78, 5) is 12.5. The van der Waals surface area contributed by atoms with E-state index in [9.17, 15) is 22.9 Å². The average molecular weight is 748 g/mol. The Balaban J connectivity index is 3.98. The Bertz CT molecular complexity index is 1050. The number of nitrogens with one attached hydrogen (secondary N) is 1. The number of hydrogen-bond donors (Lipinski definition) is 3. The number of amides is 1. The fourth-order valence-electron chi connectivity index (χ4n) is 6.18. The predicted octanol–water partition coefficient (Wildman–Crippen LogP) is 12.9. The summed E-state index contributed by atoms with van der Waals surface area (Å²) in [5, 5.41) is 13.2. The predicted molar refractivity (Wildman–Crippen MR) is 225 cm³/mol. The highest BCUT2D eigenvalue weighted by molar-refractivity contribution is 7.85. The van der Waals surface area contributed by atoms with Gasteiger partial charge >= 0.3 is 0 Å². The quantitative estimate of drug-likeness (QED) is 0.0331. The first-order chi connectivity index (χ1) is 25.3. The Morgan fingerprint density at radius 3 is 1.35 bits per heavy atom. The van der Waals surface area contributed by atoms with Crippen molar-refractivity contribution in [3.8, 4) is 0 Å². The molecular formula is C45H81NO5S. The molecule has 0 rings (SSSR count). The molecular weight excluding hydrogens is 667 g/mol. The van der Waals surface area contributed by atoms with Gasteiger partial charge in [0.25, 0.3) is 10.1 Å². The van der Waals surface area contributed by atoms with E-state index in [1.54, 1.807) is 0 Å². The molecule has 52 heavy (non-hydrogen) atoms. The van der Waals surface area contributed by atoms with Gasteiger partial charge in [0.1, 0.15) is 0 Å². The third-order valence-electron chi connectivity index (χ3n) is 9.42. The summed E-state index contributed by atoms with van der Waals surface area (Å²) in [5.74, 6) is -1.02. The standard InChI is InChI=1S/C45H81NO5S/c1-3-5-7-9-11-13-15-17-19-21-22-23-24-25-27-29-31-33-35-37-39-41-45(48)46-43(42-52(49,50)51)44(47)40-38-36-34-32-30-28-26-20-18-16-14-12-10-8-6-4-2/h15,17,21-22,24-25,30,32,38,40,43-44,47H,3-14,16,18-20,23,26-29,31,33-37,39,41-42H2,1-2H3,(H,46,48)(H,49,50,51)/b17-15-,22-21-,25-24-,32-30+,40-38+. The second kappa shape index (κ2) is 38.8. The van der Waals surface area contributed by atoms with E-state index in [-0.39, 0.29) is 12.3 Å². The summed E-state index contributed by atoms with van der Waals surface area (Å²) in [7, 11) is -4.36. The summed E-state index contributed by atoms with van der Waals surface area (Å²) in [5.41, 5.74) is 0. The first kappa shape index (κ1) is 50.0. The monoisotopic (exact) mass is 748 g/mol. The van der Waals surface area contributed by atoms with Crippen LogP contribution in [0.15, 0.2) is 60.8 Å². The lowest BCUT2D eigenvalue weighted by Gasteiger charge is -2.21. The van der Waals surface area contributed by atoms with Crippen LogP contribution in [-0.4, -0.2) is 41.9 Å². The van der Waals surface area contributed by atoms with Crippen molar-refractivity contribution >= 4 is 16.0 Å². The Morgan fingerprint density at radius 1 is 0.519 bits per heavy atom. The highest BCUT2D eigenvalue weighted by atomic mass is 32.2. The molecule has 0 aliphatic carbocycles. The molecule has 2 unspecified atom stereocenters. The van der Waals surface area contributed by atoms with Gasteiger partial charge in [-0.3, -0.25) is 9.35 Å². The maximum atomic E-state index is 12.5. The van der Waals surface area contributed by atoms with E-state index in [4.69, 9.17) is 0 Å². The molecule has 0 spiro atoms. The fourth-order valence-corrected chi connectivity index (χ4v) is 6.91. The molecule has 0 aliphatic heterocycles. The van der Waals surface area contributed by atoms with Gasteiger partial charge in [0, 0.05) is 6.42 Å². The van der Waals surface area contributed by atoms with Crippen molar-refractivity contribution in [3.05, 3.63) is 60.8 Å². The Kier molecular flexibility index (Phi) is 37.3. The molecule has 0 saturated carbocycles. The number of carbonyl (C=O) groups is 1. The minimum Gasteiger partial charge on any atom is -0.387 e. The first-order valence-electron chi connectivity index (χ1n) is 21.5. The summed E-state index contributed by atoms with van der Waals surface area (Å²) < 4.78 is 32.5. The van der Waals surface area contributed by atoms with Gasteiger partial charge in [-0.1, -0.05) is 184 Å². The van der Waals surface area contributed by atoms with Gasteiger partial charge in [-0.25, -0.2) is 0 Å². The number of rotatable bonds is 38. The highest BCUT2D eigenvalue weighted by Crippen LogP contribution is 2.13. The number of allylic oxidation sites excluding steroid dienone is 9. The molecule has 0 bridgehead atoms. The molecule has 1 amide bonds. The van der Waals surface area contributed by atoms with Crippen LogP contribution in [0.25, 0.3) is 0 Å². The summed E-state index contributed by atoms with van der Waals surface area (Å²) >= 11 is 0. The third kappa shape index (κ3) is 39.3. The van der Waals surface area contributed by atoms with Crippen molar-refractivity contribution in [1.82, 2.24) is 5.32 Å². The van der Waals surface area contributed by atoms with Crippen molar-refractivity contribution < 1.29 is 22.9 Å². The van der Waals surface area contributed by atoms with Crippen molar-refractivity contribution in [2.45, 2.75) is 212 Å². The lowest BCUT2D eigenvalue weighted by molar-refractivity contribution is -0.122. The van der Waals surface area contributed by atoms with Gasteiger partial charge < -0.3 is 10.4 Å². The van der Waals surface area contributed by atoms with Crippen LogP contribution >= 0.6 is 0 Å². The van der Waals surface area contributed by atoms with Crippen LogP contribution in [0.4, 0.5) is 0 Å². The van der Waals surface area contributed by atoms with Crippen LogP contribution in [0.1, 0.15) is 200 Å². The lowest BCUT2D eigenvalue weighted by atomic mass is 10.1. The molecule has 302 valence electrons. The molecule has 0 heterocycles. The number of carbonyl (C=O) groups excluding carboxylic acids is 1. The van der Waals surface area contributed by atoms with Gasteiger partial charge in [-0.15, -0.1) is 0 Å². The van der Waals surface area contributed by atoms with Crippen LogP contribution in [0.2, 0.25) is 0 Å². The zero-order chi connectivity index (χ0) is 38.2. The molecule has 0 aliphatic rings. The van der Waals surface area contributed by atoms with Crippen molar-refractivity contribution in [2.24, 2.45) is 0 Å². The number of aliphatic hydroxyl groups excluding tert-OH is 1. The van der Waals surface area contributed by atoms with Crippen LogP contribution in [-0.2, 0) is 14.9 Å². The lowest BCUT2D eigenvalue weighted by Crippen LogP contribution is -2.46. The second-order valence-corrected chi connectivity index (χ2v) is 16.1. The number of aliphatic hydroxyl groups is 1. The summed E-state index contributed by atoms with van der Waals surface area (Å²) in [6.45, 7) is 4.51. The molecule has 0 radical (unpaired) electrons. The number of hydrogen-bond acceptors (Lipinski definition) is 4. The van der Waals surface area contributed by atoms with Crippen molar-refractivity contribution in [3.63, 3.8) is 0 Å². The van der Waals surface area contributed by atoms with E-state index in [0.717, 1.165) is 51.4 Å². The molecule has 7 heteroatoms. The first-order valence-corrected chi connectivity index (χ1v) is 23.1. The zero-order valence-electron chi connectivity index (χ0n) is 33.7. The smallest absolute Gasteiger partial charge is 0.267 e. The molecule has 6 nitrogen and oxygen atoms in total. The van der Waals surface area contributed by atoms with Crippen LogP contribution < -0.4 is 5.32 Å². The molecule has 0 saturated heterocycles. The number of unbranched alkanes of at least 4 members (excludes halogenated alkanes) is 22. The van der Waals surface area contributed by atoms with Crippen molar-refractivity contribution in [2.75, 3.05) is 5.75 Å². The molecule has 0 fully saturated rings. The van der Waals surface area contributed by atoms with Crippen LogP contribution in [0.5, 0.6) is 0 Å². The molecule has 0 aromatic rings. The molecule has 0 aromatic carbocycles. The van der Waals surface area contributed by atoms with E-state index in [1.807, 2.05) is 6.08 Å².